The first-order valence-electron chi connectivity index (χ1n) is 10.8. The fourth-order valence-electron chi connectivity index (χ4n) is 4.80. The number of ether oxygens (including phenoxy) is 1. The maximum Gasteiger partial charge on any atom is 0.573 e. The Morgan fingerprint density at radius 3 is 2.68 bits per heavy atom. The molecule has 2 aromatic heterocycles. The Morgan fingerprint density at radius 1 is 1.24 bits per heavy atom. The molecule has 0 radical (unpaired) electrons. The molecular weight excluding hydrogens is 491 g/mol. The van der Waals surface area contributed by atoms with Gasteiger partial charge in [-0.3, -0.25) is 0 Å². The van der Waals surface area contributed by atoms with Crippen molar-refractivity contribution < 1.29 is 22.3 Å². The molecule has 2 atom stereocenters. The number of thioether (sulfide) groups is 1. The molecule has 2 aliphatic rings. The number of aromatic nitrogens is 4. The predicted molar refractivity (Wildman–Crippen MR) is 123 cm³/mol. The highest BCUT2D eigenvalue weighted by atomic mass is 35.5. The van der Waals surface area contributed by atoms with Gasteiger partial charge in [-0.1, -0.05) is 23.9 Å². The Balaban J connectivity index is 0.00000274. The molecule has 1 saturated heterocycles. The van der Waals surface area contributed by atoms with Crippen molar-refractivity contribution in [1.29, 1.82) is 0 Å². The molecule has 184 valence electrons. The van der Waals surface area contributed by atoms with E-state index in [-0.39, 0.29) is 23.6 Å². The SMILES string of the molecule is Cc1ncoc1-c1nnc(SCCCN2C[C@H]3C[C@@]3(c3ccc(OC(F)(F)F)cc3)C2)n1C.Cl. The van der Waals surface area contributed by atoms with Gasteiger partial charge in [0.15, 0.2) is 17.3 Å². The van der Waals surface area contributed by atoms with E-state index in [1.54, 1.807) is 23.9 Å². The maximum atomic E-state index is 12.4. The van der Waals surface area contributed by atoms with E-state index in [0.717, 1.165) is 54.6 Å². The van der Waals surface area contributed by atoms with Gasteiger partial charge in [0, 0.05) is 31.3 Å². The van der Waals surface area contributed by atoms with Gasteiger partial charge >= 0.3 is 6.36 Å². The van der Waals surface area contributed by atoms with Gasteiger partial charge in [-0.15, -0.1) is 35.8 Å². The van der Waals surface area contributed by atoms with Gasteiger partial charge < -0.3 is 18.6 Å². The Hall–Kier alpha value is -2.24. The van der Waals surface area contributed by atoms with Crippen LogP contribution in [0.25, 0.3) is 11.6 Å². The van der Waals surface area contributed by atoms with Crippen molar-refractivity contribution in [3.8, 4) is 17.3 Å². The van der Waals surface area contributed by atoms with Crippen LogP contribution in [0, 0.1) is 12.8 Å². The fraction of sp³-hybridized carbons (Fsp3) is 0.500. The number of benzene rings is 1. The highest BCUT2D eigenvalue weighted by Gasteiger charge is 2.60. The van der Waals surface area contributed by atoms with Crippen molar-refractivity contribution in [3.63, 3.8) is 0 Å². The van der Waals surface area contributed by atoms with Crippen LogP contribution < -0.4 is 4.74 Å². The Morgan fingerprint density at radius 2 is 2.00 bits per heavy atom. The summed E-state index contributed by atoms with van der Waals surface area (Å²) in [4.78, 5) is 6.56. The summed E-state index contributed by atoms with van der Waals surface area (Å²) >= 11 is 1.66. The van der Waals surface area contributed by atoms with Crippen molar-refractivity contribution in [3.05, 3.63) is 41.9 Å². The molecule has 2 fully saturated rings. The van der Waals surface area contributed by atoms with E-state index in [4.69, 9.17) is 4.42 Å². The lowest BCUT2D eigenvalue weighted by molar-refractivity contribution is -0.274. The number of piperidine rings is 1. The Bertz CT molecular complexity index is 1140. The number of oxazole rings is 1. The number of fused-ring (bicyclic) bond motifs is 1. The zero-order chi connectivity index (χ0) is 23.2. The van der Waals surface area contributed by atoms with Gasteiger partial charge in [-0.2, -0.15) is 0 Å². The van der Waals surface area contributed by atoms with E-state index < -0.39 is 6.36 Å². The van der Waals surface area contributed by atoms with E-state index in [9.17, 15) is 13.2 Å². The normalized spacial score (nSPS) is 21.9. The number of nitrogens with zero attached hydrogens (tertiary/aromatic N) is 5. The molecule has 3 aromatic rings. The van der Waals surface area contributed by atoms with Gasteiger partial charge in [-0.05, 0) is 49.9 Å². The van der Waals surface area contributed by atoms with Crippen molar-refractivity contribution in [2.75, 3.05) is 25.4 Å². The number of rotatable bonds is 8. The molecule has 1 aromatic carbocycles. The van der Waals surface area contributed by atoms with Crippen LogP contribution in [0.3, 0.4) is 0 Å². The zero-order valence-corrected chi connectivity index (χ0v) is 20.3. The van der Waals surface area contributed by atoms with E-state index in [2.05, 4.69) is 24.8 Å². The van der Waals surface area contributed by atoms with Crippen molar-refractivity contribution in [2.45, 2.75) is 36.7 Å². The van der Waals surface area contributed by atoms with Crippen molar-refractivity contribution in [2.24, 2.45) is 13.0 Å². The van der Waals surface area contributed by atoms with Crippen LogP contribution in [-0.4, -0.2) is 56.4 Å². The van der Waals surface area contributed by atoms with E-state index in [1.165, 1.54) is 18.5 Å². The zero-order valence-electron chi connectivity index (χ0n) is 18.7. The van der Waals surface area contributed by atoms with E-state index in [0.29, 0.717) is 17.5 Å². The molecule has 0 amide bonds. The number of hydrogen-bond acceptors (Lipinski definition) is 7. The first-order chi connectivity index (χ1) is 15.7. The number of halogens is 4. The minimum Gasteiger partial charge on any atom is -0.440 e. The van der Waals surface area contributed by atoms with Gasteiger partial charge in [0.2, 0.25) is 5.82 Å². The lowest BCUT2D eigenvalue weighted by atomic mass is 9.95. The monoisotopic (exact) mass is 515 g/mol. The third-order valence-corrected chi connectivity index (χ3v) is 7.62. The average molecular weight is 516 g/mol. The van der Waals surface area contributed by atoms with Crippen LogP contribution in [-0.2, 0) is 12.5 Å². The molecule has 34 heavy (non-hydrogen) atoms. The second kappa shape index (κ2) is 9.43. The highest BCUT2D eigenvalue weighted by molar-refractivity contribution is 7.99. The summed E-state index contributed by atoms with van der Waals surface area (Å²) in [5, 5.41) is 9.35. The minimum atomic E-state index is -4.66. The van der Waals surface area contributed by atoms with Gasteiger partial charge in [-0.25, -0.2) is 4.98 Å². The first kappa shape index (κ1) is 24.9. The van der Waals surface area contributed by atoms with Gasteiger partial charge in [0.05, 0.1) is 5.69 Å². The van der Waals surface area contributed by atoms with Crippen LogP contribution >= 0.6 is 24.2 Å². The molecule has 12 heteroatoms. The summed E-state index contributed by atoms with van der Waals surface area (Å²) in [5.74, 6) is 2.62. The summed E-state index contributed by atoms with van der Waals surface area (Å²) in [6.07, 6.45) is -1.15. The third-order valence-electron chi connectivity index (χ3n) is 6.51. The fourth-order valence-corrected chi connectivity index (χ4v) is 5.63. The molecule has 5 rings (SSSR count). The van der Waals surface area contributed by atoms with E-state index >= 15 is 0 Å². The third kappa shape index (κ3) is 4.92. The van der Waals surface area contributed by atoms with Gasteiger partial charge in [0.1, 0.15) is 5.75 Å². The molecule has 0 spiro atoms. The number of aryl methyl sites for hydroxylation is 1. The molecule has 1 aliphatic heterocycles. The number of likely N-dealkylation sites (tertiary alicyclic amines) is 1. The second-order valence-corrected chi connectivity index (χ2v) is 9.76. The largest absolute Gasteiger partial charge is 0.573 e. The van der Waals surface area contributed by atoms with Crippen molar-refractivity contribution in [1.82, 2.24) is 24.6 Å². The quantitative estimate of drug-likeness (QED) is 0.313. The minimum absolute atomic E-state index is 0. The molecule has 1 aliphatic carbocycles. The van der Waals surface area contributed by atoms with E-state index in [1.807, 2.05) is 18.5 Å². The Labute approximate surface area is 205 Å². The lowest BCUT2D eigenvalue weighted by Gasteiger charge is -2.21. The summed E-state index contributed by atoms with van der Waals surface area (Å²) in [7, 11) is 1.92. The maximum absolute atomic E-state index is 12.4. The molecule has 1 saturated carbocycles. The number of alkyl halides is 3. The highest BCUT2D eigenvalue weighted by Crippen LogP contribution is 2.59. The predicted octanol–water partition coefficient (Wildman–Crippen LogP) is 4.85. The lowest BCUT2D eigenvalue weighted by Crippen LogP contribution is -2.28. The molecular formula is C22H25ClF3N5O2S. The molecule has 3 heterocycles. The van der Waals surface area contributed by atoms with Crippen LogP contribution in [0.15, 0.2) is 40.2 Å². The van der Waals surface area contributed by atoms with Gasteiger partial charge in [0.25, 0.3) is 0 Å². The standard InChI is InChI=1S/C22H24F3N5O2S.ClH/c1-14-18(31-13-26-14)19-27-28-20(29(19)2)33-9-3-8-30-11-16-10-21(16,12-30)15-4-6-17(7-5-15)32-22(23,24)25;/h4-7,13,16H,3,8-12H2,1-2H3;1H/t16-,21+;/m1./s1. The molecule has 0 bridgehead atoms. The average Bonchev–Trinajstić information content (AvgIpc) is 3.06. The van der Waals surface area contributed by atoms with Crippen molar-refractivity contribution >= 4 is 24.2 Å². The van der Waals surface area contributed by atoms with Crippen LogP contribution in [0.4, 0.5) is 13.2 Å². The molecule has 0 N–H and O–H groups in total. The number of hydrogen-bond donors (Lipinski definition) is 0. The van der Waals surface area contributed by atoms with Crippen LogP contribution in [0.1, 0.15) is 24.1 Å². The molecule has 0 unspecified atom stereocenters. The molecule has 7 nitrogen and oxygen atoms in total. The summed E-state index contributed by atoms with van der Waals surface area (Å²) in [5.41, 5.74) is 1.97. The summed E-state index contributed by atoms with van der Waals surface area (Å²) < 4.78 is 48.5. The smallest absolute Gasteiger partial charge is 0.440 e. The topological polar surface area (TPSA) is 69.2 Å². The van der Waals surface area contributed by atoms with Crippen LogP contribution in [0.5, 0.6) is 5.75 Å². The summed E-state index contributed by atoms with van der Waals surface area (Å²) in [6.45, 7) is 4.83. The van der Waals surface area contributed by atoms with Crippen LogP contribution in [0.2, 0.25) is 0 Å². The first-order valence-corrected chi connectivity index (χ1v) is 11.7. The summed E-state index contributed by atoms with van der Waals surface area (Å²) in [6, 6.07) is 6.40. The second-order valence-electron chi connectivity index (χ2n) is 8.70. The Kier molecular flexibility index (Phi) is 6.90.